The molecule has 1 rings (SSSR count). The van der Waals surface area contributed by atoms with E-state index in [1.54, 1.807) is 0 Å². The van der Waals surface area contributed by atoms with Gasteiger partial charge in [0.15, 0.2) is 5.78 Å². The molecular weight excluding hydrogens is 201 g/mol. The molecule has 86 valence electrons. The molecule has 0 amide bonds. The molecule has 1 saturated heterocycles. The molecule has 2 nitrogen and oxygen atoms in total. The molecule has 14 heavy (non-hydrogen) atoms. The minimum atomic E-state index is -0.817. The van der Waals surface area contributed by atoms with Crippen molar-refractivity contribution in [2.45, 2.75) is 39.9 Å². The molecular formula is C10H22FNOS. The Morgan fingerprint density at radius 1 is 1.50 bits per heavy atom. The highest BCUT2D eigenvalue weighted by atomic mass is 32.1. The van der Waals surface area contributed by atoms with Crippen LogP contribution in [0.2, 0.25) is 0 Å². The molecule has 0 aromatic heterocycles. The number of halogens is 1. The molecule has 0 aromatic carbocycles. The van der Waals surface area contributed by atoms with Gasteiger partial charge in [0, 0.05) is 18.9 Å². The summed E-state index contributed by atoms with van der Waals surface area (Å²) >= 11 is 0. The molecule has 0 N–H and O–H groups in total. The first-order chi connectivity index (χ1) is 5.52. The second kappa shape index (κ2) is 6.40. The second-order valence-corrected chi connectivity index (χ2v) is 3.85. The van der Waals surface area contributed by atoms with Gasteiger partial charge in [0.25, 0.3) is 0 Å². The highest BCUT2D eigenvalue weighted by molar-refractivity contribution is 7.59. The Morgan fingerprint density at radius 3 is 2.29 bits per heavy atom. The topological polar surface area (TPSA) is 20.3 Å². The maximum atomic E-state index is 12.9. The lowest BCUT2D eigenvalue weighted by molar-refractivity contribution is -0.125. The zero-order valence-corrected chi connectivity index (χ0v) is 9.38. The Labute approximate surface area is 93.3 Å². The highest BCUT2D eigenvalue weighted by Crippen LogP contribution is 2.21. The van der Waals surface area contributed by atoms with Crippen molar-refractivity contribution in [1.29, 1.82) is 0 Å². The second-order valence-electron chi connectivity index (χ2n) is 3.85. The van der Waals surface area contributed by atoms with Crippen molar-refractivity contribution in [2.24, 2.45) is 5.92 Å². The third-order valence-corrected chi connectivity index (χ3v) is 2.39. The van der Waals surface area contributed by atoms with Crippen LogP contribution < -0.4 is 0 Å². The average molecular weight is 223 g/mol. The summed E-state index contributed by atoms with van der Waals surface area (Å²) in [7, 11) is 1.81. The Morgan fingerprint density at radius 2 is 2.00 bits per heavy atom. The third-order valence-electron chi connectivity index (χ3n) is 2.39. The highest BCUT2D eigenvalue weighted by Gasteiger charge is 2.34. The fourth-order valence-electron chi connectivity index (χ4n) is 1.65. The number of rotatable bonds is 2. The Hall–Kier alpha value is -0.0900. The van der Waals surface area contributed by atoms with Gasteiger partial charge < -0.3 is 0 Å². The summed E-state index contributed by atoms with van der Waals surface area (Å²) in [6.07, 6.45) is -0.434. The normalized spacial score (nSPS) is 26.9. The zero-order valence-electron chi connectivity index (χ0n) is 8.38. The lowest BCUT2D eigenvalue weighted by Crippen LogP contribution is -2.35. The first-order valence-electron chi connectivity index (χ1n) is 4.40. The van der Waals surface area contributed by atoms with Crippen LogP contribution in [0.15, 0.2) is 0 Å². The first kappa shape index (κ1) is 16.3. The molecule has 0 radical (unpaired) electrons. The molecule has 0 bridgehead atoms. The Bertz CT molecular complexity index is 187. The van der Waals surface area contributed by atoms with E-state index in [1.165, 1.54) is 0 Å². The summed E-state index contributed by atoms with van der Waals surface area (Å²) in [6.45, 7) is 4.13. The molecule has 1 fully saturated rings. The molecule has 0 aromatic rings. The minimum Gasteiger partial charge on any atom is -0.298 e. The van der Waals surface area contributed by atoms with E-state index in [9.17, 15) is 9.18 Å². The molecule has 1 aliphatic heterocycles. The largest absolute Gasteiger partial charge is 0.298 e. The number of carbonyl (C=O) groups excluding carboxylic acids is 1. The van der Waals surface area contributed by atoms with Crippen LogP contribution in [-0.2, 0) is 4.79 Å². The van der Waals surface area contributed by atoms with Gasteiger partial charge in [0.1, 0.15) is 6.17 Å². The number of hydrogen-bond acceptors (Lipinski definition) is 2. The quantitative estimate of drug-likeness (QED) is 0.713. The number of nitrogens with zero attached hydrogens (tertiary/aromatic N) is 1. The third kappa shape index (κ3) is 3.58. The number of ketones is 1. The SMILES string of the molecule is C.CC(C)C(=O)[C@@H]1C[C@@H](F)CN1C.S. The van der Waals surface area contributed by atoms with Crippen molar-refractivity contribution in [1.82, 2.24) is 4.90 Å². The van der Waals surface area contributed by atoms with E-state index >= 15 is 0 Å². The van der Waals surface area contributed by atoms with Gasteiger partial charge in [-0.15, -0.1) is 0 Å². The Balaban J connectivity index is 0. The smallest absolute Gasteiger partial charge is 0.152 e. The van der Waals surface area contributed by atoms with Gasteiger partial charge >= 0.3 is 0 Å². The van der Waals surface area contributed by atoms with E-state index in [4.69, 9.17) is 0 Å². The van der Waals surface area contributed by atoms with Crippen LogP contribution in [0.3, 0.4) is 0 Å². The van der Waals surface area contributed by atoms with Crippen LogP contribution >= 0.6 is 13.5 Å². The summed E-state index contributed by atoms with van der Waals surface area (Å²) < 4.78 is 12.9. The van der Waals surface area contributed by atoms with Crippen LogP contribution in [0.4, 0.5) is 4.39 Å². The van der Waals surface area contributed by atoms with E-state index in [1.807, 2.05) is 25.8 Å². The van der Waals surface area contributed by atoms with E-state index in [-0.39, 0.29) is 38.7 Å². The summed E-state index contributed by atoms with van der Waals surface area (Å²) in [5.74, 6) is 0.181. The lowest BCUT2D eigenvalue weighted by atomic mass is 10.00. The van der Waals surface area contributed by atoms with Gasteiger partial charge in [0.05, 0.1) is 6.04 Å². The molecule has 0 saturated carbocycles. The van der Waals surface area contributed by atoms with Crippen LogP contribution in [0, 0.1) is 5.92 Å². The first-order valence-corrected chi connectivity index (χ1v) is 4.40. The number of hydrogen-bond donors (Lipinski definition) is 0. The standard InChI is InChI=1S/C9H16FNO.CH4.H2S/c1-6(2)9(12)8-4-7(10)5-11(8)3;;/h6-8H,4-5H2,1-3H3;1H4;1H2/t7-,8+;;/m1../s1. The van der Waals surface area contributed by atoms with Crippen molar-refractivity contribution in [3.05, 3.63) is 0 Å². The monoisotopic (exact) mass is 223 g/mol. The molecule has 4 heteroatoms. The minimum absolute atomic E-state index is 0. The van der Waals surface area contributed by atoms with Crippen molar-refractivity contribution in [3.63, 3.8) is 0 Å². The van der Waals surface area contributed by atoms with E-state index < -0.39 is 6.17 Å². The number of Topliss-reactive ketones (excluding diaryl/α,β-unsaturated/α-hetero) is 1. The van der Waals surface area contributed by atoms with Gasteiger partial charge in [0.2, 0.25) is 0 Å². The molecule has 0 spiro atoms. The van der Waals surface area contributed by atoms with Gasteiger partial charge in [-0.25, -0.2) is 4.39 Å². The van der Waals surface area contributed by atoms with Gasteiger partial charge in [-0.3, -0.25) is 9.69 Å². The van der Waals surface area contributed by atoms with E-state index in [0.717, 1.165) is 0 Å². The van der Waals surface area contributed by atoms with Gasteiger partial charge in [-0.1, -0.05) is 21.3 Å². The number of carbonyl (C=O) groups is 1. The fraction of sp³-hybridized carbons (Fsp3) is 0.900. The lowest BCUT2D eigenvalue weighted by Gasteiger charge is -2.18. The van der Waals surface area contributed by atoms with Crippen LogP contribution in [0.25, 0.3) is 0 Å². The van der Waals surface area contributed by atoms with E-state index in [2.05, 4.69) is 0 Å². The fourth-order valence-corrected chi connectivity index (χ4v) is 1.65. The van der Waals surface area contributed by atoms with E-state index in [0.29, 0.717) is 13.0 Å². The molecule has 2 atom stereocenters. The van der Waals surface area contributed by atoms with Gasteiger partial charge in [-0.2, -0.15) is 13.5 Å². The van der Waals surface area contributed by atoms with Gasteiger partial charge in [-0.05, 0) is 7.05 Å². The van der Waals surface area contributed by atoms with Crippen molar-refractivity contribution >= 4 is 19.3 Å². The van der Waals surface area contributed by atoms with Crippen molar-refractivity contribution in [2.75, 3.05) is 13.6 Å². The Kier molecular flexibility index (Phi) is 7.48. The van der Waals surface area contributed by atoms with Crippen LogP contribution in [0.5, 0.6) is 0 Å². The average Bonchev–Trinajstić information content (AvgIpc) is 2.28. The summed E-state index contributed by atoms with van der Waals surface area (Å²) in [5.41, 5.74) is 0. The summed E-state index contributed by atoms with van der Waals surface area (Å²) in [4.78, 5) is 13.3. The number of likely N-dealkylation sites (N-methyl/N-ethyl adjacent to an activating group) is 1. The summed E-state index contributed by atoms with van der Waals surface area (Å²) in [6, 6.07) is -0.181. The number of alkyl halides is 1. The molecule has 0 unspecified atom stereocenters. The maximum absolute atomic E-state index is 12.9. The van der Waals surface area contributed by atoms with Crippen molar-refractivity contribution in [3.8, 4) is 0 Å². The zero-order chi connectivity index (χ0) is 9.30. The molecule has 1 heterocycles. The predicted octanol–water partition coefficient (Wildman–Crippen LogP) is 2.00. The predicted molar refractivity (Wildman–Crippen MR) is 62.9 cm³/mol. The number of likely N-dealkylation sites (tertiary alicyclic amines) is 1. The molecule has 1 aliphatic rings. The van der Waals surface area contributed by atoms with Crippen LogP contribution in [0.1, 0.15) is 27.7 Å². The van der Waals surface area contributed by atoms with Crippen LogP contribution in [-0.4, -0.2) is 36.5 Å². The van der Waals surface area contributed by atoms with Crippen molar-refractivity contribution < 1.29 is 9.18 Å². The maximum Gasteiger partial charge on any atom is 0.152 e. The summed E-state index contributed by atoms with van der Waals surface area (Å²) in [5, 5.41) is 0. The molecule has 0 aliphatic carbocycles.